The second kappa shape index (κ2) is 4.62. The van der Waals surface area contributed by atoms with Crippen LogP contribution in [0.2, 0.25) is 0 Å². The van der Waals surface area contributed by atoms with Crippen molar-refractivity contribution in [3.8, 4) is 11.5 Å². The molecule has 0 unspecified atom stereocenters. The van der Waals surface area contributed by atoms with Crippen LogP contribution in [-0.2, 0) is 32.1 Å². The van der Waals surface area contributed by atoms with Gasteiger partial charge in [0.15, 0.2) is 0 Å². The van der Waals surface area contributed by atoms with E-state index in [1.807, 2.05) is 31.2 Å². The van der Waals surface area contributed by atoms with Crippen molar-refractivity contribution in [3.63, 3.8) is 0 Å². The number of hydrogen-bond acceptors (Lipinski definition) is 4. The molecule has 0 aliphatic rings. The third-order valence-corrected chi connectivity index (χ3v) is 1.87. The van der Waals surface area contributed by atoms with E-state index in [1.165, 1.54) is 5.56 Å². The smallest absolute Gasteiger partial charge is 0.245 e. The second-order valence-electron chi connectivity index (χ2n) is 2.74. The molecule has 0 atom stereocenters. The quantitative estimate of drug-likeness (QED) is 0.577. The van der Waals surface area contributed by atoms with E-state index in [-0.39, 0.29) is 24.7 Å². The maximum atomic E-state index is 5.10. The van der Waals surface area contributed by atoms with Gasteiger partial charge in [-0.05, 0) is 19.1 Å². The molecule has 0 saturated heterocycles. The summed E-state index contributed by atoms with van der Waals surface area (Å²) in [6.45, 7) is 2.02. The van der Waals surface area contributed by atoms with Crippen LogP contribution in [0, 0.1) is 6.92 Å². The average Bonchev–Trinajstić information content (AvgIpc) is 2.53. The summed E-state index contributed by atoms with van der Waals surface area (Å²) < 4.78 is 5.10. The van der Waals surface area contributed by atoms with E-state index in [0.29, 0.717) is 5.89 Å². The Labute approximate surface area is 100 Å². The Kier molecular flexibility index (Phi) is 3.72. The maximum absolute atomic E-state index is 5.10. The zero-order valence-electron chi connectivity index (χ0n) is 7.73. The van der Waals surface area contributed by atoms with E-state index in [4.69, 9.17) is 17.0 Å². The normalized spacial score (nSPS) is 9.50. The van der Waals surface area contributed by atoms with Crippen LogP contribution in [0.3, 0.4) is 0 Å². The van der Waals surface area contributed by atoms with Gasteiger partial charge in [0, 0.05) is 25.0 Å². The van der Waals surface area contributed by atoms with Crippen molar-refractivity contribution in [1.29, 1.82) is 0 Å². The van der Waals surface area contributed by atoms with E-state index in [1.54, 1.807) is 0 Å². The van der Waals surface area contributed by atoms with Gasteiger partial charge in [0.05, 0.1) is 5.22 Å². The molecular weight excluding hydrogens is 250 g/mol. The monoisotopic (exact) mass is 255 g/mol. The molecule has 0 radical (unpaired) electrons. The molecule has 5 heteroatoms. The van der Waals surface area contributed by atoms with Gasteiger partial charge < -0.3 is 17.0 Å². The standard InChI is InChI=1S/C9H8N2OS.Zn/c1-6-2-4-7(5-3-6)8-10-11-9(13)12-8;/h2-5H,1H3,(H,11,13);/p-1. The molecule has 68 valence electrons. The van der Waals surface area contributed by atoms with Gasteiger partial charge in [-0.1, -0.05) is 17.7 Å². The van der Waals surface area contributed by atoms with Crippen molar-refractivity contribution in [2.24, 2.45) is 0 Å². The van der Waals surface area contributed by atoms with Crippen LogP contribution in [0.4, 0.5) is 0 Å². The molecule has 2 aromatic rings. The molecule has 14 heavy (non-hydrogen) atoms. The molecule has 3 nitrogen and oxygen atoms in total. The summed E-state index contributed by atoms with van der Waals surface area (Å²) in [5, 5.41) is 7.58. The van der Waals surface area contributed by atoms with E-state index in [9.17, 15) is 0 Å². The van der Waals surface area contributed by atoms with Crippen molar-refractivity contribution in [2.75, 3.05) is 0 Å². The molecule has 1 aromatic heterocycles. The summed E-state index contributed by atoms with van der Waals surface area (Å²) in [4.78, 5) is 0. The van der Waals surface area contributed by atoms with Gasteiger partial charge in [-0.25, -0.2) is 0 Å². The summed E-state index contributed by atoms with van der Waals surface area (Å²) in [5.74, 6) is 0.477. The van der Waals surface area contributed by atoms with Gasteiger partial charge in [0.2, 0.25) is 5.89 Å². The SMILES string of the molecule is Cc1ccc(-c2nnc([S-])o2)cc1.[Zn]. The second-order valence-corrected chi connectivity index (χ2v) is 3.09. The summed E-state index contributed by atoms with van der Waals surface area (Å²) in [6.07, 6.45) is 0. The summed E-state index contributed by atoms with van der Waals surface area (Å²) >= 11 is 4.72. The molecule has 0 amide bonds. The predicted molar refractivity (Wildman–Crippen MR) is 50.1 cm³/mol. The van der Waals surface area contributed by atoms with Crippen LogP contribution in [-0.4, -0.2) is 10.2 Å². The zero-order valence-corrected chi connectivity index (χ0v) is 11.5. The molecule has 1 aromatic carbocycles. The number of hydrogen-bond donors (Lipinski definition) is 0. The van der Waals surface area contributed by atoms with E-state index < -0.39 is 0 Å². The van der Waals surface area contributed by atoms with Crippen LogP contribution in [0.25, 0.3) is 11.5 Å². The molecule has 2 rings (SSSR count). The largest absolute Gasteiger partial charge is 0.719 e. The summed E-state index contributed by atoms with van der Waals surface area (Å²) in [7, 11) is 0. The van der Waals surface area contributed by atoms with E-state index >= 15 is 0 Å². The van der Waals surface area contributed by atoms with Crippen molar-refractivity contribution in [1.82, 2.24) is 10.2 Å². The van der Waals surface area contributed by atoms with Crippen LogP contribution >= 0.6 is 0 Å². The Bertz CT molecular complexity index is 413. The minimum Gasteiger partial charge on any atom is -0.719 e. The van der Waals surface area contributed by atoms with Gasteiger partial charge in [-0.3, -0.25) is 0 Å². The van der Waals surface area contributed by atoms with Crippen LogP contribution < -0.4 is 0 Å². The summed E-state index contributed by atoms with van der Waals surface area (Å²) in [5.41, 5.74) is 2.09. The predicted octanol–water partition coefficient (Wildman–Crippen LogP) is 1.95. The molecule has 0 saturated carbocycles. The molecule has 0 aliphatic heterocycles. The number of rotatable bonds is 1. The first kappa shape index (κ1) is 11.3. The first-order valence-corrected chi connectivity index (χ1v) is 4.24. The molecule has 1 heterocycles. The van der Waals surface area contributed by atoms with Crippen LogP contribution in [0.1, 0.15) is 5.56 Å². The third-order valence-electron chi connectivity index (χ3n) is 1.70. The third kappa shape index (κ3) is 2.37. The topological polar surface area (TPSA) is 38.9 Å². The van der Waals surface area contributed by atoms with E-state index in [0.717, 1.165) is 5.56 Å². The van der Waals surface area contributed by atoms with Crippen molar-refractivity contribution < 1.29 is 23.9 Å². The number of aromatic nitrogens is 2. The fourth-order valence-corrected chi connectivity index (χ4v) is 1.14. The zero-order chi connectivity index (χ0) is 9.26. The van der Waals surface area contributed by atoms with Crippen molar-refractivity contribution >= 4 is 12.6 Å². The Morgan fingerprint density at radius 2 is 1.79 bits per heavy atom. The first-order valence-electron chi connectivity index (χ1n) is 3.83. The molecule has 0 aliphatic carbocycles. The number of nitrogens with zero attached hydrogens (tertiary/aromatic N) is 2. The Hall–Kier alpha value is -0.797. The molecule has 0 N–H and O–H groups in total. The minimum atomic E-state index is 0. The number of benzene rings is 1. The molecular formula is C9H7N2OSZn-. The maximum Gasteiger partial charge on any atom is 0.245 e. The fourth-order valence-electron chi connectivity index (χ4n) is 1.02. The Morgan fingerprint density at radius 3 is 2.29 bits per heavy atom. The van der Waals surface area contributed by atoms with Gasteiger partial charge >= 0.3 is 0 Å². The van der Waals surface area contributed by atoms with Crippen LogP contribution in [0.5, 0.6) is 0 Å². The van der Waals surface area contributed by atoms with Gasteiger partial charge in [0.25, 0.3) is 0 Å². The minimum absolute atomic E-state index is 0. The van der Waals surface area contributed by atoms with E-state index in [2.05, 4.69) is 10.2 Å². The van der Waals surface area contributed by atoms with Crippen molar-refractivity contribution in [2.45, 2.75) is 12.1 Å². The average molecular weight is 257 g/mol. The molecule has 0 spiro atoms. The van der Waals surface area contributed by atoms with Gasteiger partial charge in [-0.2, -0.15) is 0 Å². The fraction of sp³-hybridized carbons (Fsp3) is 0.111. The molecule has 0 fully saturated rings. The number of aryl methyl sites for hydroxylation is 1. The van der Waals surface area contributed by atoms with Gasteiger partial charge in [0.1, 0.15) is 0 Å². The van der Waals surface area contributed by atoms with Gasteiger partial charge in [-0.15, -0.1) is 10.2 Å². The van der Waals surface area contributed by atoms with Crippen molar-refractivity contribution in [3.05, 3.63) is 29.8 Å². The first-order chi connectivity index (χ1) is 6.25. The van der Waals surface area contributed by atoms with Crippen LogP contribution in [0.15, 0.2) is 33.9 Å². The molecule has 0 bridgehead atoms. The Morgan fingerprint density at radius 1 is 1.14 bits per heavy atom. The Balaban J connectivity index is 0.000000980. The summed E-state index contributed by atoms with van der Waals surface area (Å²) in [6, 6.07) is 7.83.